The smallest absolute Gasteiger partial charge is 0.237 e. The van der Waals surface area contributed by atoms with Gasteiger partial charge in [-0.1, -0.05) is 5.16 Å². The lowest BCUT2D eigenvalue weighted by atomic mass is 10.0. The molecular weight excluding hydrogens is 298 g/mol. The van der Waals surface area contributed by atoms with Gasteiger partial charge in [-0.2, -0.15) is 4.98 Å². The molecule has 0 bridgehead atoms. The SMILES string of the molecule is CN=C(NCc1noc(C)n1)N1CCN(C(C)(C)C(N)=O)CC1. The summed E-state index contributed by atoms with van der Waals surface area (Å²) in [5.74, 6) is 1.61. The number of carbonyl (C=O) groups excluding carboxylic acids is 1. The quantitative estimate of drug-likeness (QED) is 0.558. The molecule has 1 amide bonds. The first kappa shape index (κ1) is 17.2. The molecule has 1 aliphatic heterocycles. The summed E-state index contributed by atoms with van der Waals surface area (Å²) in [5, 5.41) is 7.08. The number of nitrogens with zero attached hydrogens (tertiary/aromatic N) is 5. The number of aliphatic imine (C=N–C) groups is 1. The fraction of sp³-hybridized carbons (Fsp3) is 0.714. The van der Waals surface area contributed by atoms with Crippen LogP contribution in [-0.4, -0.2) is 70.6 Å². The summed E-state index contributed by atoms with van der Waals surface area (Å²) in [4.78, 5) is 24.2. The molecule has 1 aromatic rings. The Labute approximate surface area is 135 Å². The molecule has 0 spiro atoms. The van der Waals surface area contributed by atoms with Crippen molar-refractivity contribution in [1.29, 1.82) is 0 Å². The summed E-state index contributed by atoms with van der Waals surface area (Å²) in [7, 11) is 1.74. The van der Waals surface area contributed by atoms with Gasteiger partial charge >= 0.3 is 0 Å². The van der Waals surface area contributed by atoms with Gasteiger partial charge in [0.1, 0.15) is 0 Å². The van der Waals surface area contributed by atoms with Crippen LogP contribution >= 0.6 is 0 Å². The molecule has 0 atom stereocenters. The van der Waals surface area contributed by atoms with Crippen LogP contribution in [0.3, 0.4) is 0 Å². The second-order valence-electron chi connectivity index (χ2n) is 6.03. The van der Waals surface area contributed by atoms with Gasteiger partial charge in [0.25, 0.3) is 0 Å². The zero-order valence-electron chi connectivity index (χ0n) is 14.2. The van der Waals surface area contributed by atoms with Gasteiger partial charge in [0.15, 0.2) is 11.8 Å². The highest BCUT2D eigenvalue weighted by atomic mass is 16.5. The lowest BCUT2D eigenvalue weighted by Crippen LogP contribution is -2.61. The minimum atomic E-state index is -0.634. The number of primary amides is 1. The molecule has 1 aromatic heterocycles. The number of hydrogen-bond acceptors (Lipinski definition) is 6. The van der Waals surface area contributed by atoms with Crippen molar-refractivity contribution in [3.05, 3.63) is 11.7 Å². The van der Waals surface area contributed by atoms with Gasteiger partial charge in [-0.15, -0.1) is 0 Å². The Balaban J connectivity index is 1.88. The van der Waals surface area contributed by atoms with E-state index in [0.717, 1.165) is 32.1 Å². The Bertz CT molecular complexity index is 573. The van der Waals surface area contributed by atoms with Crippen LogP contribution in [0.5, 0.6) is 0 Å². The topological polar surface area (TPSA) is 113 Å². The molecule has 3 N–H and O–H groups in total. The van der Waals surface area contributed by atoms with Crippen molar-refractivity contribution in [2.75, 3.05) is 33.2 Å². The predicted octanol–water partition coefficient (Wildman–Crippen LogP) is -0.665. The maximum atomic E-state index is 11.6. The lowest BCUT2D eigenvalue weighted by molar-refractivity contribution is -0.129. The molecule has 1 fully saturated rings. The van der Waals surface area contributed by atoms with Gasteiger partial charge in [-0.05, 0) is 13.8 Å². The number of rotatable bonds is 4. The Morgan fingerprint density at radius 2 is 2.04 bits per heavy atom. The van der Waals surface area contributed by atoms with E-state index >= 15 is 0 Å². The Morgan fingerprint density at radius 1 is 1.39 bits per heavy atom. The van der Waals surface area contributed by atoms with E-state index in [9.17, 15) is 4.79 Å². The first-order valence-electron chi connectivity index (χ1n) is 7.64. The Kier molecular flexibility index (Phi) is 5.19. The van der Waals surface area contributed by atoms with Crippen molar-refractivity contribution in [3.8, 4) is 0 Å². The molecule has 128 valence electrons. The van der Waals surface area contributed by atoms with Crippen molar-refractivity contribution in [1.82, 2.24) is 25.3 Å². The summed E-state index contributed by atoms with van der Waals surface area (Å²) in [6.07, 6.45) is 0. The molecule has 23 heavy (non-hydrogen) atoms. The number of guanidine groups is 1. The number of aryl methyl sites for hydroxylation is 1. The van der Waals surface area contributed by atoms with Crippen LogP contribution in [0.15, 0.2) is 9.52 Å². The fourth-order valence-electron chi connectivity index (χ4n) is 2.54. The van der Waals surface area contributed by atoms with Crippen molar-refractivity contribution in [2.45, 2.75) is 32.9 Å². The first-order chi connectivity index (χ1) is 10.8. The van der Waals surface area contributed by atoms with Crippen molar-refractivity contribution in [3.63, 3.8) is 0 Å². The van der Waals surface area contributed by atoms with Crippen molar-refractivity contribution >= 4 is 11.9 Å². The second-order valence-corrected chi connectivity index (χ2v) is 6.03. The third-order valence-corrected chi connectivity index (χ3v) is 4.16. The summed E-state index contributed by atoms with van der Waals surface area (Å²) in [5.41, 5.74) is 4.85. The molecule has 0 aromatic carbocycles. The molecular formula is C14H25N7O2. The highest BCUT2D eigenvalue weighted by Crippen LogP contribution is 2.16. The Morgan fingerprint density at radius 3 is 2.52 bits per heavy atom. The standard InChI is InChI=1S/C14H25N7O2/c1-10-18-11(19-23-10)9-17-13(16-4)20-5-7-21(8-6-20)14(2,3)12(15)22/h5-9H2,1-4H3,(H2,15,22)(H,16,17). The molecule has 2 rings (SSSR count). The van der Waals surface area contributed by atoms with E-state index in [0.29, 0.717) is 18.3 Å². The van der Waals surface area contributed by atoms with Crippen LogP contribution in [0.2, 0.25) is 0 Å². The molecule has 0 saturated carbocycles. The van der Waals surface area contributed by atoms with E-state index in [1.54, 1.807) is 14.0 Å². The van der Waals surface area contributed by atoms with Crippen LogP contribution in [0.25, 0.3) is 0 Å². The number of amides is 1. The van der Waals surface area contributed by atoms with Gasteiger partial charge < -0.3 is 20.5 Å². The Hall–Kier alpha value is -2.16. The number of aromatic nitrogens is 2. The number of nitrogens with one attached hydrogen (secondary N) is 1. The predicted molar refractivity (Wildman–Crippen MR) is 85.7 cm³/mol. The number of carbonyl (C=O) groups is 1. The molecule has 9 nitrogen and oxygen atoms in total. The first-order valence-corrected chi connectivity index (χ1v) is 7.64. The normalized spacial score (nSPS) is 17.4. The summed E-state index contributed by atoms with van der Waals surface area (Å²) >= 11 is 0. The van der Waals surface area contributed by atoms with Crippen LogP contribution in [0, 0.1) is 6.92 Å². The van der Waals surface area contributed by atoms with Crippen molar-refractivity contribution in [2.24, 2.45) is 10.7 Å². The molecule has 1 aliphatic rings. The van der Waals surface area contributed by atoms with E-state index in [2.05, 4.69) is 30.2 Å². The van der Waals surface area contributed by atoms with E-state index in [1.165, 1.54) is 0 Å². The van der Waals surface area contributed by atoms with Gasteiger partial charge in [0.2, 0.25) is 11.8 Å². The average Bonchev–Trinajstić information content (AvgIpc) is 2.94. The highest BCUT2D eigenvalue weighted by Gasteiger charge is 2.35. The maximum Gasteiger partial charge on any atom is 0.237 e. The average molecular weight is 323 g/mol. The lowest BCUT2D eigenvalue weighted by Gasteiger charge is -2.43. The number of piperazine rings is 1. The molecule has 0 aliphatic carbocycles. The van der Waals surface area contributed by atoms with Crippen LogP contribution in [-0.2, 0) is 11.3 Å². The fourth-order valence-corrected chi connectivity index (χ4v) is 2.54. The van der Waals surface area contributed by atoms with Crippen LogP contribution < -0.4 is 11.1 Å². The molecule has 9 heteroatoms. The zero-order valence-corrected chi connectivity index (χ0v) is 14.2. The highest BCUT2D eigenvalue weighted by molar-refractivity contribution is 5.84. The second kappa shape index (κ2) is 6.95. The van der Waals surface area contributed by atoms with Crippen molar-refractivity contribution < 1.29 is 9.32 Å². The minimum absolute atomic E-state index is 0.305. The molecule has 1 saturated heterocycles. The minimum Gasteiger partial charge on any atom is -0.368 e. The van der Waals surface area contributed by atoms with E-state index in [1.807, 2.05) is 13.8 Å². The zero-order chi connectivity index (χ0) is 17.0. The van der Waals surface area contributed by atoms with Gasteiger partial charge in [-0.25, -0.2) is 0 Å². The van der Waals surface area contributed by atoms with Gasteiger partial charge in [0, 0.05) is 40.2 Å². The van der Waals surface area contributed by atoms with E-state index in [4.69, 9.17) is 10.3 Å². The monoisotopic (exact) mass is 323 g/mol. The summed E-state index contributed by atoms with van der Waals surface area (Å²) in [6.45, 7) is 8.95. The largest absolute Gasteiger partial charge is 0.368 e. The number of nitrogens with two attached hydrogens (primary N) is 1. The molecule has 2 heterocycles. The van der Waals surface area contributed by atoms with Crippen LogP contribution in [0.1, 0.15) is 25.6 Å². The van der Waals surface area contributed by atoms with Crippen LogP contribution in [0.4, 0.5) is 0 Å². The third-order valence-electron chi connectivity index (χ3n) is 4.16. The summed E-state index contributed by atoms with van der Waals surface area (Å²) < 4.78 is 4.94. The maximum absolute atomic E-state index is 11.6. The van der Waals surface area contributed by atoms with Gasteiger partial charge in [-0.3, -0.25) is 14.7 Å². The summed E-state index contributed by atoms with van der Waals surface area (Å²) in [6, 6.07) is 0. The van der Waals surface area contributed by atoms with Gasteiger partial charge in [0.05, 0.1) is 12.1 Å². The van der Waals surface area contributed by atoms with E-state index < -0.39 is 5.54 Å². The number of hydrogen-bond donors (Lipinski definition) is 2. The third kappa shape index (κ3) is 3.98. The van der Waals surface area contributed by atoms with E-state index in [-0.39, 0.29) is 5.91 Å². The molecule has 0 radical (unpaired) electrons. The molecule has 0 unspecified atom stereocenters.